The molecule has 0 aliphatic carbocycles. The molecule has 2 N–H and O–H groups in total. The van der Waals surface area contributed by atoms with Gasteiger partial charge in [0.05, 0.1) is 22.6 Å². The number of non-ortho nitro benzene ring substituents is 1. The van der Waals surface area contributed by atoms with Gasteiger partial charge >= 0.3 is 0 Å². The number of nitro benzene ring substituents is 1. The van der Waals surface area contributed by atoms with Crippen molar-refractivity contribution in [1.29, 1.82) is 0 Å². The van der Waals surface area contributed by atoms with Crippen molar-refractivity contribution in [3.05, 3.63) is 87.5 Å². The Bertz CT molecular complexity index is 1170. The van der Waals surface area contributed by atoms with Crippen LogP contribution in [0.5, 0.6) is 11.5 Å². The van der Waals surface area contributed by atoms with Gasteiger partial charge in [-0.05, 0) is 48.4 Å². The van der Waals surface area contributed by atoms with Crippen LogP contribution < -0.4 is 15.4 Å². The summed E-state index contributed by atoms with van der Waals surface area (Å²) in [7, 11) is 0. The van der Waals surface area contributed by atoms with Crippen molar-refractivity contribution in [3.8, 4) is 11.5 Å². The first-order valence-corrected chi connectivity index (χ1v) is 9.16. The number of amides is 2. The van der Waals surface area contributed by atoms with Crippen molar-refractivity contribution < 1.29 is 19.2 Å². The summed E-state index contributed by atoms with van der Waals surface area (Å²) in [4.78, 5) is 35.2. The highest BCUT2D eigenvalue weighted by Gasteiger charge is 2.21. The zero-order valence-electron chi connectivity index (χ0n) is 16.0. The van der Waals surface area contributed by atoms with Gasteiger partial charge in [0.25, 0.3) is 11.6 Å². The standard InChI is InChI=1S/C22H17N3O5/c1-13-2-8-20-18(10-13)24-22(27)17-12-15(5-9-19(17)30-20)23-21(26)11-14-3-6-16(7-4-14)25(28)29/h2-10,12H,11H2,1H3,(H,23,26)(H,24,27). The highest BCUT2D eigenvalue weighted by Crippen LogP contribution is 2.37. The van der Waals surface area contributed by atoms with Gasteiger partial charge in [0.1, 0.15) is 5.75 Å². The van der Waals surface area contributed by atoms with Crippen molar-refractivity contribution >= 4 is 28.9 Å². The van der Waals surface area contributed by atoms with Crippen LogP contribution in [-0.2, 0) is 11.2 Å². The molecular weight excluding hydrogens is 386 g/mol. The number of carbonyl (C=O) groups is 2. The molecule has 30 heavy (non-hydrogen) atoms. The van der Waals surface area contributed by atoms with E-state index in [2.05, 4.69) is 10.6 Å². The molecule has 1 heterocycles. The van der Waals surface area contributed by atoms with Crippen LogP contribution in [0.25, 0.3) is 0 Å². The van der Waals surface area contributed by atoms with Crippen molar-refractivity contribution in [2.24, 2.45) is 0 Å². The van der Waals surface area contributed by atoms with Crippen LogP contribution in [-0.4, -0.2) is 16.7 Å². The lowest BCUT2D eigenvalue weighted by Gasteiger charge is -2.10. The van der Waals surface area contributed by atoms with Gasteiger partial charge in [0.15, 0.2) is 5.75 Å². The number of fused-ring (bicyclic) bond motifs is 2. The number of hydrogen-bond donors (Lipinski definition) is 2. The summed E-state index contributed by atoms with van der Waals surface area (Å²) in [6.07, 6.45) is 0.0441. The molecule has 3 aromatic carbocycles. The maximum Gasteiger partial charge on any atom is 0.269 e. The maximum atomic E-state index is 12.6. The second-order valence-electron chi connectivity index (χ2n) is 6.92. The van der Waals surface area contributed by atoms with E-state index in [0.717, 1.165) is 5.56 Å². The van der Waals surface area contributed by atoms with Crippen molar-refractivity contribution in [3.63, 3.8) is 0 Å². The molecule has 0 spiro atoms. The number of benzene rings is 3. The Morgan fingerprint density at radius 2 is 1.80 bits per heavy atom. The van der Waals surface area contributed by atoms with Crippen molar-refractivity contribution in [2.45, 2.75) is 13.3 Å². The van der Waals surface area contributed by atoms with E-state index in [9.17, 15) is 19.7 Å². The summed E-state index contributed by atoms with van der Waals surface area (Å²) < 4.78 is 5.86. The Labute approximate surface area is 171 Å². The summed E-state index contributed by atoms with van der Waals surface area (Å²) in [6.45, 7) is 1.92. The molecule has 8 nitrogen and oxygen atoms in total. The monoisotopic (exact) mass is 403 g/mol. The topological polar surface area (TPSA) is 111 Å². The van der Waals surface area contributed by atoms with E-state index in [1.165, 1.54) is 24.3 Å². The SMILES string of the molecule is Cc1ccc2c(c1)NC(=O)c1cc(NC(=O)Cc3ccc([N+](=O)[O-])cc3)ccc1O2. The number of nitrogens with zero attached hydrogens (tertiary/aromatic N) is 1. The number of carbonyl (C=O) groups excluding carboxylic acids is 2. The summed E-state index contributed by atoms with van der Waals surface area (Å²) in [5, 5.41) is 16.3. The van der Waals surface area contributed by atoms with Gasteiger partial charge in [-0.3, -0.25) is 19.7 Å². The highest BCUT2D eigenvalue weighted by atomic mass is 16.6. The second-order valence-corrected chi connectivity index (χ2v) is 6.92. The molecule has 150 valence electrons. The van der Waals surface area contributed by atoms with Gasteiger partial charge in [-0.1, -0.05) is 18.2 Å². The molecule has 0 saturated carbocycles. The van der Waals surface area contributed by atoms with E-state index in [0.29, 0.717) is 34.0 Å². The number of ether oxygens (including phenoxy) is 1. The summed E-state index contributed by atoms with van der Waals surface area (Å²) in [5.41, 5.74) is 2.92. The lowest BCUT2D eigenvalue weighted by molar-refractivity contribution is -0.384. The molecular formula is C22H17N3O5. The molecule has 1 aliphatic heterocycles. The molecule has 0 unspecified atom stereocenters. The van der Waals surface area contributed by atoms with Crippen LogP contribution in [0.1, 0.15) is 21.5 Å². The molecule has 4 rings (SSSR count). The zero-order chi connectivity index (χ0) is 21.3. The molecule has 0 radical (unpaired) electrons. The first-order valence-electron chi connectivity index (χ1n) is 9.16. The van der Waals surface area contributed by atoms with E-state index in [1.54, 1.807) is 24.3 Å². The van der Waals surface area contributed by atoms with Crippen LogP contribution in [0, 0.1) is 17.0 Å². The Hall–Kier alpha value is -4.20. The molecule has 2 amide bonds. The summed E-state index contributed by atoms with van der Waals surface area (Å²) in [6, 6.07) is 16.1. The summed E-state index contributed by atoms with van der Waals surface area (Å²) in [5.74, 6) is 0.296. The highest BCUT2D eigenvalue weighted by molar-refractivity contribution is 6.09. The van der Waals surface area contributed by atoms with E-state index < -0.39 is 4.92 Å². The molecule has 8 heteroatoms. The Balaban J connectivity index is 1.50. The third-order valence-electron chi connectivity index (χ3n) is 4.62. The van der Waals surface area contributed by atoms with Crippen LogP contribution >= 0.6 is 0 Å². The average molecular weight is 403 g/mol. The fourth-order valence-corrected chi connectivity index (χ4v) is 3.14. The minimum atomic E-state index is -0.494. The Morgan fingerprint density at radius 1 is 1.07 bits per heavy atom. The lowest BCUT2D eigenvalue weighted by Crippen LogP contribution is -2.16. The van der Waals surface area contributed by atoms with Gasteiger partial charge in [-0.2, -0.15) is 0 Å². The fourth-order valence-electron chi connectivity index (χ4n) is 3.14. The largest absolute Gasteiger partial charge is 0.454 e. The van der Waals surface area contributed by atoms with E-state index >= 15 is 0 Å². The van der Waals surface area contributed by atoms with Gasteiger partial charge in [-0.15, -0.1) is 0 Å². The van der Waals surface area contributed by atoms with Crippen molar-refractivity contribution in [2.75, 3.05) is 10.6 Å². The lowest BCUT2D eigenvalue weighted by atomic mass is 10.1. The first-order chi connectivity index (χ1) is 14.4. The van der Waals surface area contributed by atoms with E-state index in [1.807, 2.05) is 19.1 Å². The molecule has 3 aromatic rings. The van der Waals surface area contributed by atoms with Crippen LogP contribution in [0.2, 0.25) is 0 Å². The number of aryl methyl sites for hydroxylation is 1. The second kappa shape index (κ2) is 7.67. The van der Waals surface area contributed by atoms with Gasteiger partial charge < -0.3 is 15.4 Å². The number of anilines is 2. The molecule has 0 bridgehead atoms. The molecule has 0 saturated heterocycles. The first kappa shape index (κ1) is 19.1. The van der Waals surface area contributed by atoms with Crippen molar-refractivity contribution in [1.82, 2.24) is 0 Å². The molecule has 0 atom stereocenters. The predicted molar refractivity (Wildman–Crippen MR) is 111 cm³/mol. The molecule has 1 aliphatic rings. The number of nitrogens with one attached hydrogen (secondary N) is 2. The van der Waals surface area contributed by atoms with E-state index in [-0.39, 0.29) is 23.9 Å². The smallest absolute Gasteiger partial charge is 0.269 e. The van der Waals surface area contributed by atoms with Gasteiger partial charge in [0, 0.05) is 17.8 Å². The minimum Gasteiger partial charge on any atom is -0.454 e. The third-order valence-corrected chi connectivity index (χ3v) is 4.62. The quantitative estimate of drug-likeness (QED) is 0.494. The predicted octanol–water partition coefficient (Wildman–Crippen LogP) is 4.44. The number of nitro groups is 1. The van der Waals surface area contributed by atoms with Crippen LogP contribution in [0.15, 0.2) is 60.7 Å². The van der Waals surface area contributed by atoms with Crippen LogP contribution in [0.4, 0.5) is 17.1 Å². The average Bonchev–Trinajstić information content (AvgIpc) is 2.84. The minimum absolute atomic E-state index is 0.0351. The van der Waals surface area contributed by atoms with Crippen LogP contribution in [0.3, 0.4) is 0 Å². The number of rotatable bonds is 4. The molecule has 0 aromatic heterocycles. The fraction of sp³-hybridized carbons (Fsp3) is 0.0909. The summed E-state index contributed by atoms with van der Waals surface area (Å²) >= 11 is 0. The van der Waals surface area contributed by atoms with Gasteiger partial charge in [-0.25, -0.2) is 0 Å². The Morgan fingerprint density at radius 3 is 2.53 bits per heavy atom. The van der Waals surface area contributed by atoms with Gasteiger partial charge in [0.2, 0.25) is 5.91 Å². The maximum absolute atomic E-state index is 12.6. The van der Waals surface area contributed by atoms with E-state index in [4.69, 9.17) is 4.74 Å². The third kappa shape index (κ3) is 3.97. The zero-order valence-corrected chi connectivity index (χ0v) is 16.0. The molecule has 0 fully saturated rings. The Kier molecular flexibility index (Phi) is 4.89. The normalized spacial score (nSPS) is 12.0. The number of hydrogen-bond acceptors (Lipinski definition) is 5.